The highest BCUT2D eigenvalue weighted by atomic mass is 16.4. The van der Waals surface area contributed by atoms with Crippen molar-refractivity contribution in [2.45, 2.75) is 51.0 Å². The molecule has 2 unspecified atom stereocenters. The minimum Gasteiger partial charge on any atom is -0.425 e. The van der Waals surface area contributed by atoms with Crippen molar-refractivity contribution >= 4 is 5.91 Å². The summed E-state index contributed by atoms with van der Waals surface area (Å²) in [6.07, 6.45) is 2.71. The van der Waals surface area contributed by atoms with Crippen LogP contribution >= 0.6 is 0 Å². The SMILES string of the molecule is CC(C)c1nnc(C2CCC(N(C)C(=O)c3ccc(-c4ccc(C#N)cc4)cc3)C2)o1. The van der Waals surface area contributed by atoms with Crippen LogP contribution in [0, 0.1) is 11.3 Å². The van der Waals surface area contributed by atoms with Crippen LogP contribution in [0.2, 0.25) is 0 Å². The average molecular weight is 415 g/mol. The number of amides is 1. The van der Waals surface area contributed by atoms with Gasteiger partial charge in [0.2, 0.25) is 11.8 Å². The zero-order valence-electron chi connectivity index (χ0n) is 18.1. The van der Waals surface area contributed by atoms with E-state index >= 15 is 0 Å². The first-order chi connectivity index (χ1) is 15.0. The van der Waals surface area contributed by atoms with Gasteiger partial charge in [-0.3, -0.25) is 4.79 Å². The van der Waals surface area contributed by atoms with Gasteiger partial charge in [0.1, 0.15) is 0 Å². The zero-order chi connectivity index (χ0) is 22.0. The van der Waals surface area contributed by atoms with Crippen molar-refractivity contribution in [1.82, 2.24) is 15.1 Å². The fraction of sp³-hybridized carbons (Fsp3) is 0.360. The van der Waals surface area contributed by atoms with Gasteiger partial charge in [-0.25, -0.2) is 0 Å². The van der Waals surface area contributed by atoms with Crippen LogP contribution in [0.1, 0.15) is 72.6 Å². The Morgan fingerprint density at radius 3 is 2.29 bits per heavy atom. The summed E-state index contributed by atoms with van der Waals surface area (Å²) in [6.45, 7) is 4.07. The Hall–Kier alpha value is -3.46. The van der Waals surface area contributed by atoms with Crippen LogP contribution in [0.3, 0.4) is 0 Å². The Labute approximate surface area is 182 Å². The first kappa shape index (κ1) is 20.8. The molecule has 1 saturated carbocycles. The molecule has 2 atom stereocenters. The van der Waals surface area contributed by atoms with Gasteiger partial charge in [-0.1, -0.05) is 38.1 Å². The molecular formula is C25H26N4O2. The molecule has 0 spiro atoms. The van der Waals surface area contributed by atoms with Gasteiger partial charge in [-0.05, 0) is 54.7 Å². The first-order valence-corrected chi connectivity index (χ1v) is 10.7. The van der Waals surface area contributed by atoms with Crippen LogP contribution in [-0.2, 0) is 0 Å². The van der Waals surface area contributed by atoms with E-state index in [0.717, 1.165) is 30.4 Å². The second-order valence-corrected chi connectivity index (χ2v) is 8.48. The maximum atomic E-state index is 13.0. The van der Waals surface area contributed by atoms with Crippen molar-refractivity contribution in [3.63, 3.8) is 0 Å². The van der Waals surface area contributed by atoms with Crippen molar-refractivity contribution in [3.05, 3.63) is 71.4 Å². The predicted octanol–water partition coefficient (Wildman–Crippen LogP) is 5.14. The van der Waals surface area contributed by atoms with E-state index in [1.54, 1.807) is 12.1 Å². The van der Waals surface area contributed by atoms with Gasteiger partial charge in [0.25, 0.3) is 5.91 Å². The Morgan fingerprint density at radius 2 is 1.71 bits per heavy atom. The highest BCUT2D eigenvalue weighted by Gasteiger charge is 2.34. The molecule has 6 heteroatoms. The van der Waals surface area contributed by atoms with Gasteiger partial charge in [0.05, 0.1) is 11.6 Å². The molecule has 0 N–H and O–H groups in total. The van der Waals surface area contributed by atoms with Gasteiger partial charge in [0, 0.05) is 30.5 Å². The quantitative estimate of drug-likeness (QED) is 0.577. The maximum absolute atomic E-state index is 13.0. The van der Waals surface area contributed by atoms with Crippen molar-refractivity contribution < 1.29 is 9.21 Å². The number of hydrogen-bond donors (Lipinski definition) is 0. The van der Waals surface area contributed by atoms with Crippen molar-refractivity contribution in [3.8, 4) is 17.2 Å². The smallest absolute Gasteiger partial charge is 0.253 e. The summed E-state index contributed by atoms with van der Waals surface area (Å²) in [4.78, 5) is 14.9. The average Bonchev–Trinajstić information content (AvgIpc) is 3.48. The Bertz CT molecular complexity index is 1090. The summed E-state index contributed by atoms with van der Waals surface area (Å²) in [5.74, 6) is 1.81. The second-order valence-electron chi connectivity index (χ2n) is 8.48. The predicted molar refractivity (Wildman–Crippen MR) is 117 cm³/mol. The lowest BCUT2D eigenvalue weighted by atomic mass is 10.0. The molecule has 2 aromatic carbocycles. The number of carbonyl (C=O) groups is 1. The summed E-state index contributed by atoms with van der Waals surface area (Å²) >= 11 is 0. The molecule has 0 aliphatic heterocycles. The van der Waals surface area contributed by atoms with Gasteiger partial charge in [0.15, 0.2) is 0 Å². The molecule has 1 aromatic heterocycles. The molecule has 1 heterocycles. The highest BCUT2D eigenvalue weighted by molar-refractivity contribution is 5.94. The van der Waals surface area contributed by atoms with Crippen LogP contribution in [0.15, 0.2) is 52.9 Å². The number of benzene rings is 2. The van der Waals surface area contributed by atoms with Crippen molar-refractivity contribution in [2.75, 3.05) is 7.05 Å². The Balaban J connectivity index is 1.41. The lowest BCUT2D eigenvalue weighted by Gasteiger charge is -2.24. The molecule has 1 aliphatic carbocycles. The molecule has 3 aromatic rings. The third-order valence-corrected chi connectivity index (χ3v) is 6.05. The standard InChI is InChI=1S/C25H26N4O2/c1-16(2)23-27-28-24(31-23)21-12-13-22(14-21)29(3)25(30)20-10-8-19(9-11-20)18-6-4-17(15-26)5-7-18/h4-11,16,21-22H,12-14H2,1-3H3. The third-order valence-electron chi connectivity index (χ3n) is 6.05. The molecule has 158 valence electrons. The van der Waals surface area contributed by atoms with E-state index in [1.807, 2.05) is 62.2 Å². The van der Waals surface area contributed by atoms with Gasteiger partial charge < -0.3 is 9.32 Å². The molecule has 1 aliphatic rings. The summed E-state index contributed by atoms with van der Waals surface area (Å²) in [6, 6.07) is 17.4. The van der Waals surface area contributed by atoms with Crippen molar-refractivity contribution in [1.29, 1.82) is 5.26 Å². The molecule has 1 amide bonds. The maximum Gasteiger partial charge on any atom is 0.253 e. The fourth-order valence-electron chi connectivity index (χ4n) is 4.09. The second kappa shape index (κ2) is 8.73. The third kappa shape index (κ3) is 4.36. The minimum atomic E-state index is 0.0189. The van der Waals surface area contributed by atoms with E-state index in [1.165, 1.54) is 0 Å². The molecule has 4 rings (SSSR count). The number of aromatic nitrogens is 2. The molecule has 0 bridgehead atoms. The van der Waals surface area contributed by atoms with E-state index in [2.05, 4.69) is 16.3 Å². The summed E-state index contributed by atoms with van der Waals surface area (Å²) in [5, 5.41) is 17.3. The van der Waals surface area contributed by atoms with Gasteiger partial charge in [-0.15, -0.1) is 10.2 Å². The first-order valence-electron chi connectivity index (χ1n) is 10.7. The van der Waals surface area contributed by atoms with Crippen LogP contribution in [0.4, 0.5) is 0 Å². The highest BCUT2D eigenvalue weighted by Crippen LogP contribution is 2.37. The molecule has 0 radical (unpaired) electrons. The number of carbonyl (C=O) groups excluding carboxylic acids is 1. The topological polar surface area (TPSA) is 83.0 Å². The molecule has 31 heavy (non-hydrogen) atoms. The minimum absolute atomic E-state index is 0.0189. The number of nitrogens with zero attached hydrogens (tertiary/aromatic N) is 4. The van der Waals surface area contributed by atoms with Crippen LogP contribution < -0.4 is 0 Å². The molecule has 1 fully saturated rings. The van der Waals surface area contributed by atoms with Gasteiger partial charge >= 0.3 is 0 Å². The van der Waals surface area contributed by atoms with Crippen molar-refractivity contribution in [2.24, 2.45) is 0 Å². The summed E-state index contributed by atoms with van der Waals surface area (Å²) < 4.78 is 5.83. The lowest BCUT2D eigenvalue weighted by molar-refractivity contribution is 0.0733. The van der Waals surface area contributed by atoms with Crippen LogP contribution in [0.5, 0.6) is 0 Å². The van der Waals surface area contributed by atoms with E-state index in [0.29, 0.717) is 22.9 Å². The zero-order valence-corrected chi connectivity index (χ0v) is 18.1. The largest absolute Gasteiger partial charge is 0.425 e. The molecular weight excluding hydrogens is 388 g/mol. The van der Waals surface area contributed by atoms with E-state index in [-0.39, 0.29) is 23.8 Å². The summed E-state index contributed by atoms with van der Waals surface area (Å²) in [7, 11) is 1.87. The number of rotatable bonds is 5. The Kier molecular flexibility index (Phi) is 5.85. The number of hydrogen-bond acceptors (Lipinski definition) is 5. The monoisotopic (exact) mass is 414 g/mol. The normalized spacial score (nSPS) is 18.2. The Morgan fingerprint density at radius 1 is 1.06 bits per heavy atom. The van der Waals surface area contributed by atoms with Gasteiger partial charge in [-0.2, -0.15) is 5.26 Å². The lowest BCUT2D eigenvalue weighted by Crippen LogP contribution is -2.35. The molecule has 6 nitrogen and oxygen atoms in total. The van der Waals surface area contributed by atoms with E-state index < -0.39 is 0 Å². The van der Waals surface area contributed by atoms with E-state index in [9.17, 15) is 4.79 Å². The van der Waals surface area contributed by atoms with E-state index in [4.69, 9.17) is 9.68 Å². The summed E-state index contributed by atoms with van der Waals surface area (Å²) in [5.41, 5.74) is 3.34. The molecule has 0 saturated heterocycles. The van der Waals surface area contributed by atoms with Crippen LogP contribution in [-0.4, -0.2) is 34.1 Å². The number of nitriles is 1. The fourth-order valence-corrected chi connectivity index (χ4v) is 4.09. The van der Waals surface area contributed by atoms with Crippen LogP contribution in [0.25, 0.3) is 11.1 Å².